The quantitative estimate of drug-likeness (QED) is 0.754. The first-order chi connectivity index (χ1) is 8.00. The summed E-state index contributed by atoms with van der Waals surface area (Å²) in [6, 6.07) is 7.57. The van der Waals surface area contributed by atoms with Crippen molar-refractivity contribution in [2.24, 2.45) is 0 Å². The van der Waals surface area contributed by atoms with E-state index in [0.29, 0.717) is 5.95 Å². The molecule has 3 rings (SSSR count). The zero-order valence-corrected chi connectivity index (χ0v) is 10.1. The van der Waals surface area contributed by atoms with Crippen LogP contribution in [0.15, 0.2) is 24.3 Å². The molecule has 1 aliphatic rings. The van der Waals surface area contributed by atoms with Crippen LogP contribution in [0.1, 0.15) is 13.8 Å². The molecule has 2 aromatic rings. The van der Waals surface area contributed by atoms with Crippen molar-refractivity contribution >= 4 is 23.0 Å². The summed E-state index contributed by atoms with van der Waals surface area (Å²) in [5.41, 5.74) is 1.24. The van der Waals surface area contributed by atoms with Gasteiger partial charge in [0.2, 0.25) is 5.95 Å². The fourth-order valence-electron chi connectivity index (χ4n) is 2.05. The topological polar surface area (TPSA) is 50.2 Å². The molecular weight excluding hydrogens is 216 g/mol. The zero-order chi connectivity index (χ0) is 12.2. The molecule has 5 heteroatoms. The Kier molecular flexibility index (Phi) is 1.79. The normalized spacial score (nSPS) is 18.1. The molecule has 1 aliphatic heterocycles. The van der Waals surface area contributed by atoms with Crippen LogP contribution in [0.3, 0.4) is 0 Å². The predicted octanol–water partition coefficient (Wildman–Crippen LogP) is 2.10. The number of benzene rings is 1. The number of amides is 1. The minimum atomic E-state index is -0.422. The molecule has 88 valence electrons. The van der Waals surface area contributed by atoms with E-state index in [0.717, 1.165) is 11.0 Å². The predicted molar refractivity (Wildman–Crippen MR) is 66.0 cm³/mol. The molecule has 1 aromatic carbocycles. The molecule has 0 aliphatic carbocycles. The SMILES string of the molecule is CN1C(=O)n2c(nc3ccccc32)NC1(C)C. The minimum Gasteiger partial charge on any atom is -0.333 e. The first-order valence-corrected chi connectivity index (χ1v) is 5.54. The number of fused-ring (bicyclic) bond motifs is 3. The van der Waals surface area contributed by atoms with Crippen LogP contribution < -0.4 is 5.32 Å². The molecule has 2 heterocycles. The number of carbonyl (C=O) groups excluding carboxylic acids is 1. The van der Waals surface area contributed by atoms with Crippen molar-refractivity contribution in [3.63, 3.8) is 0 Å². The van der Waals surface area contributed by atoms with Gasteiger partial charge < -0.3 is 10.2 Å². The summed E-state index contributed by atoms with van der Waals surface area (Å²) in [6.07, 6.45) is 0. The zero-order valence-electron chi connectivity index (χ0n) is 10.1. The van der Waals surface area contributed by atoms with E-state index in [2.05, 4.69) is 10.3 Å². The average Bonchev–Trinajstić information content (AvgIpc) is 2.63. The summed E-state index contributed by atoms with van der Waals surface area (Å²) in [4.78, 5) is 18.4. The van der Waals surface area contributed by atoms with Crippen LogP contribution in [0, 0.1) is 0 Å². The Morgan fingerprint density at radius 1 is 1.29 bits per heavy atom. The van der Waals surface area contributed by atoms with Crippen LogP contribution in [0.4, 0.5) is 10.7 Å². The van der Waals surface area contributed by atoms with Gasteiger partial charge in [-0.2, -0.15) is 0 Å². The van der Waals surface area contributed by atoms with Crippen LogP contribution in [-0.4, -0.2) is 33.2 Å². The molecule has 0 atom stereocenters. The number of para-hydroxylation sites is 2. The maximum absolute atomic E-state index is 12.3. The average molecular weight is 230 g/mol. The lowest BCUT2D eigenvalue weighted by molar-refractivity contribution is 0.164. The minimum absolute atomic E-state index is 0.0579. The first-order valence-electron chi connectivity index (χ1n) is 5.54. The van der Waals surface area contributed by atoms with Gasteiger partial charge >= 0.3 is 6.03 Å². The van der Waals surface area contributed by atoms with Crippen molar-refractivity contribution in [1.29, 1.82) is 0 Å². The van der Waals surface area contributed by atoms with Gasteiger partial charge in [-0.3, -0.25) is 0 Å². The highest BCUT2D eigenvalue weighted by atomic mass is 16.2. The van der Waals surface area contributed by atoms with Crippen LogP contribution >= 0.6 is 0 Å². The van der Waals surface area contributed by atoms with Gasteiger partial charge in [0.1, 0.15) is 5.66 Å². The molecule has 5 nitrogen and oxygen atoms in total. The van der Waals surface area contributed by atoms with E-state index in [-0.39, 0.29) is 6.03 Å². The Labute approximate surface area is 99.0 Å². The van der Waals surface area contributed by atoms with E-state index in [1.165, 1.54) is 0 Å². The second-order valence-corrected chi connectivity index (χ2v) is 4.79. The second kappa shape index (κ2) is 3.00. The molecule has 0 unspecified atom stereocenters. The first kappa shape index (κ1) is 10.1. The Hall–Kier alpha value is -2.04. The Morgan fingerprint density at radius 3 is 2.76 bits per heavy atom. The van der Waals surface area contributed by atoms with Crippen LogP contribution in [0.2, 0.25) is 0 Å². The van der Waals surface area contributed by atoms with Crippen molar-refractivity contribution in [3.8, 4) is 0 Å². The van der Waals surface area contributed by atoms with Gasteiger partial charge in [-0.1, -0.05) is 12.1 Å². The highest BCUT2D eigenvalue weighted by Crippen LogP contribution is 2.28. The summed E-state index contributed by atoms with van der Waals surface area (Å²) in [5.74, 6) is 0.610. The Bertz CT molecular complexity index is 614. The fraction of sp³-hybridized carbons (Fsp3) is 0.333. The maximum Gasteiger partial charge on any atom is 0.333 e. The monoisotopic (exact) mass is 230 g/mol. The van der Waals surface area contributed by atoms with Crippen molar-refractivity contribution in [3.05, 3.63) is 24.3 Å². The standard InChI is InChI=1S/C12H14N4O/c1-12(2)14-10-13-8-6-4-5-7-9(8)16(10)11(17)15(12)3/h4-7H,1-3H3,(H,13,14). The highest BCUT2D eigenvalue weighted by molar-refractivity contribution is 5.94. The van der Waals surface area contributed by atoms with Gasteiger partial charge in [0.25, 0.3) is 0 Å². The Balaban J connectivity index is 2.30. The number of nitrogens with zero attached hydrogens (tertiary/aromatic N) is 3. The number of anilines is 1. The largest absolute Gasteiger partial charge is 0.333 e. The fourth-order valence-corrected chi connectivity index (χ4v) is 2.05. The maximum atomic E-state index is 12.3. The van der Waals surface area contributed by atoms with Crippen molar-refractivity contribution in [2.75, 3.05) is 12.4 Å². The Morgan fingerprint density at radius 2 is 2.00 bits per heavy atom. The summed E-state index contributed by atoms with van der Waals surface area (Å²) in [6.45, 7) is 3.90. The van der Waals surface area contributed by atoms with Crippen LogP contribution in [0.5, 0.6) is 0 Å². The lowest BCUT2D eigenvalue weighted by atomic mass is 10.2. The second-order valence-electron chi connectivity index (χ2n) is 4.79. The van der Waals surface area contributed by atoms with Gasteiger partial charge in [0.05, 0.1) is 11.0 Å². The number of carbonyl (C=O) groups is 1. The number of rotatable bonds is 0. The lowest BCUT2D eigenvalue weighted by Gasteiger charge is -2.40. The van der Waals surface area contributed by atoms with E-state index in [4.69, 9.17) is 0 Å². The van der Waals surface area contributed by atoms with E-state index < -0.39 is 5.66 Å². The van der Waals surface area contributed by atoms with Gasteiger partial charge in [-0.05, 0) is 26.0 Å². The van der Waals surface area contributed by atoms with Gasteiger partial charge in [0.15, 0.2) is 0 Å². The molecule has 0 radical (unpaired) electrons. The number of nitrogens with one attached hydrogen (secondary N) is 1. The molecular formula is C12H14N4O. The van der Waals surface area contributed by atoms with E-state index >= 15 is 0 Å². The van der Waals surface area contributed by atoms with Gasteiger partial charge in [-0.25, -0.2) is 14.3 Å². The third-order valence-corrected chi connectivity index (χ3v) is 3.30. The molecule has 1 N–H and O–H groups in total. The van der Waals surface area contributed by atoms with E-state index in [9.17, 15) is 4.79 Å². The number of imidazole rings is 1. The molecule has 1 aromatic heterocycles. The lowest BCUT2D eigenvalue weighted by Crippen LogP contribution is -2.56. The summed E-state index contributed by atoms with van der Waals surface area (Å²) in [7, 11) is 1.78. The molecule has 0 bridgehead atoms. The molecule has 0 saturated heterocycles. The van der Waals surface area contributed by atoms with Crippen molar-refractivity contribution in [1.82, 2.24) is 14.5 Å². The van der Waals surface area contributed by atoms with E-state index in [1.807, 2.05) is 38.1 Å². The molecule has 17 heavy (non-hydrogen) atoms. The highest BCUT2D eigenvalue weighted by Gasteiger charge is 2.36. The third kappa shape index (κ3) is 1.25. The summed E-state index contributed by atoms with van der Waals surface area (Å²) >= 11 is 0. The number of aromatic nitrogens is 2. The van der Waals surface area contributed by atoms with Crippen molar-refractivity contribution < 1.29 is 4.79 Å². The molecule has 1 amide bonds. The summed E-state index contributed by atoms with van der Waals surface area (Å²) < 4.78 is 1.61. The van der Waals surface area contributed by atoms with Crippen LogP contribution in [0.25, 0.3) is 11.0 Å². The van der Waals surface area contributed by atoms with Gasteiger partial charge in [-0.15, -0.1) is 0 Å². The van der Waals surface area contributed by atoms with Gasteiger partial charge in [0, 0.05) is 7.05 Å². The summed E-state index contributed by atoms with van der Waals surface area (Å²) in [5, 5.41) is 3.26. The number of hydrogen-bond acceptors (Lipinski definition) is 3. The van der Waals surface area contributed by atoms with Crippen molar-refractivity contribution in [2.45, 2.75) is 19.5 Å². The third-order valence-electron chi connectivity index (χ3n) is 3.30. The van der Waals surface area contributed by atoms with Crippen LogP contribution in [-0.2, 0) is 0 Å². The smallest absolute Gasteiger partial charge is 0.333 e. The molecule has 0 fully saturated rings. The number of hydrogen-bond donors (Lipinski definition) is 1. The molecule has 0 saturated carbocycles. The van der Waals surface area contributed by atoms with E-state index in [1.54, 1.807) is 16.5 Å². The molecule has 0 spiro atoms.